The molecule has 10 nitrogen and oxygen atoms in total. The van der Waals surface area contributed by atoms with E-state index < -0.39 is 36.2 Å². The summed E-state index contributed by atoms with van der Waals surface area (Å²) in [5.41, 5.74) is -0.533. The average molecular weight is 299 g/mol. The Morgan fingerprint density at radius 2 is 1.90 bits per heavy atom. The van der Waals surface area contributed by atoms with Gasteiger partial charge in [-0.2, -0.15) is 0 Å². The molecule has 0 heterocycles. The van der Waals surface area contributed by atoms with E-state index in [9.17, 15) is 29.8 Å². The first-order chi connectivity index (χ1) is 9.73. The number of rotatable bonds is 7. The molecular weight excluding hydrogens is 289 g/mol. The molecule has 0 fully saturated rings. The van der Waals surface area contributed by atoms with Crippen LogP contribution in [0.25, 0.3) is 0 Å². The van der Waals surface area contributed by atoms with Gasteiger partial charge in [0.25, 0.3) is 5.69 Å². The van der Waals surface area contributed by atoms with Crippen LogP contribution in [0.15, 0.2) is 24.3 Å². The highest BCUT2D eigenvalue weighted by atomic mass is 16.6. The number of hydrogen-bond donors (Lipinski definition) is 4. The minimum atomic E-state index is -2.41. The van der Waals surface area contributed by atoms with E-state index in [4.69, 9.17) is 10.2 Å². The predicted octanol–water partition coefficient (Wildman–Crippen LogP) is -1.80. The fraction of sp³-hybridized carbons (Fsp3) is 0.200. The molecule has 0 aliphatic carbocycles. The minimum Gasteiger partial charge on any atom is -0.479 e. The summed E-state index contributed by atoms with van der Waals surface area (Å²) in [5.74, 6) is -3.66. The lowest BCUT2D eigenvalue weighted by molar-refractivity contribution is -0.384. The Hall–Kier alpha value is -2.50. The molecule has 0 aliphatic heterocycles. The van der Waals surface area contributed by atoms with Gasteiger partial charge in [0.05, 0.1) is 4.92 Å². The summed E-state index contributed by atoms with van der Waals surface area (Å²) in [7, 11) is -1.96. The predicted molar refractivity (Wildman–Crippen MR) is 66.9 cm³/mol. The molecule has 21 heavy (non-hydrogen) atoms. The SMILES string of the molecule is O=C(O)[C@H](O)[C@@H](OB(O)c1cccc([N+](=O)[O-])c1)C(=O)O. The van der Waals surface area contributed by atoms with E-state index in [-0.39, 0.29) is 11.2 Å². The molecule has 0 spiro atoms. The van der Waals surface area contributed by atoms with E-state index >= 15 is 0 Å². The number of nitrogens with zero attached hydrogens (tertiary/aromatic N) is 1. The maximum atomic E-state index is 10.8. The molecule has 0 saturated heterocycles. The van der Waals surface area contributed by atoms with Gasteiger partial charge in [-0.1, -0.05) is 12.1 Å². The van der Waals surface area contributed by atoms with Crippen molar-refractivity contribution in [2.45, 2.75) is 12.2 Å². The molecule has 0 amide bonds. The van der Waals surface area contributed by atoms with Crippen molar-refractivity contribution in [1.82, 2.24) is 0 Å². The third-order valence-corrected chi connectivity index (χ3v) is 2.42. The fourth-order valence-corrected chi connectivity index (χ4v) is 1.41. The summed E-state index contributed by atoms with van der Waals surface area (Å²) in [6, 6.07) is 4.50. The van der Waals surface area contributed by atoms with Crippen LogP contribution < -0.4 is 5.46 Å². The number of hydrogen-bond acceptors (Lipinski definition) is 7. The fourth-order valence-electron chi connectivity index (χ4n) is 1.41. The number of carbonyl (C=O) groups is 2. The van der Waals surface area contributed by atoms with Gasteiger partial charge in [0, 0.05) is 12.1 Å². The van der Waals surface area contributed by atoms with E-state index in [1.807, 2.05) is 0 Å². The summed E-state index contributed by atoms with van der Waals surface area (Å²) in [5, 5.41) is 46.7. The summed E-state index contributed by atoms with van der Waals surface area (Å²) in [6.07, 6.45) is -4.65. The quantitative estimate of drug-likeness (QED) is 0.258. The van der Waals surface area contributed by atoms with Crippen molar-refractivity contribution in [2.75, 3.05) is 0 Å². The molecule has 0 aromatic heterocycles. The van der Waals surface area contributed by atoms with Crippen LogP contribution in [0.5, 0.6) is 0 Å². The number of non-ortho nitro benzene ring substituents is 1. The van der Waals surface area contributed by atoms with Crippen molar-refractivity contribution in [2.24, 2.45) is 0 Å². The zero-order valence-electron chi connectivity index (χ0n) is 10.3. The zero-order valence-corrected chi connectivity index (χ0v) is 10.3. The first kappa shape index (κ1) is 16.6. The highest BCUT2D eigenvalue weighted by Gasteiger charge is 2.37. The van der Waals surface area contributed by atoms with Crippen molar-refractivity contribution in [3.8, 4) is 0 Å². The van der Waals surface area contributed by atoms with Gasteiger partial charge in [0.15, 0.2) is 12.2 Å². The second-order valence-electron chi connectivity index (χ2n) is 3.88. The maximum Gasteiger partial charge on any atom is 0.492 e. The lowest BCUT2D eigenvalue weighted by Crippen LogP contribution is -2.48. The van der Waals surface area contributed by atoms with Crippen molar-refractivity contribution >= 4 is 30.2 Å². The number of aliphatic carboxylic acids is 2. The smallest absolute Gasteiger partial charge is 0.479 e. The molecule has 4 N–H and O–H groups in total. The van der Waals surface area contributed by atoms with Crippen LogP contribution in [0.2, 0.25) is 0 Å². The van der Waals surface area contributed by atoms with Crippen molar-refractivity contribution in [1.29, 1.82) is 0 Å². The van der Waals surface area contributed by atoms with Crippen LogP contribution in [0.3, 0.4) is 0 Å². The van der Waals surface area contributed by atoms with Gasteiger partial charge in [0.2, 0.25) is 0 Å². The van der Waals surface area contributed by atoms with Crippen LogP contribution in [-0.2, 0) is 14.2 Å². The van der Waals surface area contributed by atoms with Crippen molar-refractivity contribution in [3.05, 3.63) is 34.4 Å². The Labute approximate surface area is 117 Å². The lowest BCUT2D eigenvalue weighted by atomic mass is 9.79. The van der Waals surface area contributed by atoms with Gasteiger partial charge in [-0.05, 0) is 5.46 Å². The highest BCUT2D eigenvalue weighted by Crippen LogP contribution is 2.09. The molecule has 1 aromatic rings. The monoisotopic (exact) mass is 299 g/mol. The Balaban J connectivity index is 2.94. The van der Waals surface area contributed by atoms with Crippen molar-refractivity contribution < 1.29 is 39.5 Å². The van der Waals surface area contributed by atoms with E-state index in [1.165, 1.54) is 12.1 Å². The highest BCUT2D eigenvalue weighted by molar-refractivity contribution is 6.60. The first-order valence-electron chi connectivity index (χ1n) is 5.45. The van der Waals surface area contributed by atoms with Gasteiger partial charge < -0.3 is 25.0 Å². The zero-order chi connectivity index (χ0) is 16.2. The average Bonchev–Trinajstić information content (AvgIpc) is 2.43. The Kier molecular flexibility index (Phi) is 5.35. The van der Waals surface area contributed by atoms with Crippen LogP contribution in [0.4, 0.5) is 5.69 Å². The molecule has 0 radical (unpaired) electrons. The number of carboxylic acids is 2. The topological polar surface area (TPSA) is 167 Å². The summed E-state index contributed by atoms with van der Waals surface area (Å²) >= 11 is 0. The van der Waals surface area contributed by atoms with Gasteiger partial charge in [-0.25, -0.2) is 9.59 Å². The van der Waals surface area contributed by atoms with Crippen molar-refractivity contribution in [3.63, 3.8) is 0 Å². The standard InChI is InChI=1S/C10H10BNO9/c13-7(9(14)15)8(10(16)17)21-11(18)5-2-1-3-6(4-5)12(19)20/h1-4,7-8,13,18H,(H,14,15)(H,16,17)/t7-,8-/m1/s1. The largest absolute Gasteiger partial charge is 0.492 e. The van der Waals surface area contributed by atoms with Gasteiger partial charge >= 0.3 is 19.1 Å². The summed E-state index contributed by atoms with van der Waals surface area (Å²) < 4.78 is 4.56. The Morgan fingerprint density at radius 3 is 2.38 bits per heavy atom. The molecule has 0 bridgehead atoms. The second kappa shape index (κ2) is 6.79. The number of aliphatic hydroxyl groups is 1. The Morgan fingerprint density at radius 1 is 1.29 bits per heavy atom. The molecule has 1 aromatic carbocycles. The number of aliphatic hydroxyl groups excluding tert-OH is 1. The number of nitro benzene ring substituents is 1. The summed E-state index contributed by atoms with van der Waals surface area (Å²) in [6.45, 7) is 0. The van der Waals surface area contributed by atoms with E-state index in [0.29, 0.717) is 0 Å². The molecule has 0 saturated carbocycles. The van der Waals surface area contributed by atoms with E-state index in [1.54, 1.807) is 0 Å². The summed E-state index contributed by atoms with van der Waals surface area (Å²) in [4.78, 5) is 31.2. The number of carboxylic acid groups (broad SMARTS) is 2. The van der Waals surface area contributed by atoms with Crippen LogP contribution in [0.1, 0.15) is 0 Å². The molecule has 2 atom stereocenters. The normalized spacial score (nSPS) is 13.2. The minimum absolute atomic E-state index is 0.159. The molecule has 112 valence electrons. The molecule has 11 heteroatoms. The van der Waals surface area contributed by atoms with Gasteiger partial charge in [-0.3, -0.25) is 10.1 Å². The van der Waals surface area contributed by atoms with E-state index in [2.05, 4.69) is 4.65 Å². The number of nitro groups is 1. The molecule has 0 aliphatic rings. The van der Waals surface area contributed by atoms with Crippen LogP contribution in [-0.4, -0.2) is 56.5 Å². The van der Waals surface area contributed by atoms with Gasteiger partial charge in [0.1, 0.15) is 0 Å². The third kappa shape index (κ3) is 4.24. The van der Waals surface area contributed by atoms with Gasteiger partial charge in [-0.15, -0.1) is 0 Å². The van der Waals surface area contributed by atoms with Crippen LogP contribution >= 0.6 is 0 Å². The number of benzene rings is 1. The van der Waals surface area contributed by atoms with Crippen LogP contribution in [0, 0.1) is 10.1 Å². The maximum absolute atomic E-state index is 10.8. The lowest BCUT2D eigenvalue weighted by Gasteiger charge is -2.18. The molecule has 0 unspecified atom stereocenters. The van der Waals surface area contributed by atoms with E-state index in [0.717, 1.165) is 12.1 Å². The second-order valence-corrected chi connectivity index (χ2v) is 3.88. The molecular formula is C10H10BNO9. The third-order valence-electron chi connectivity index (χ3n) is 2.42. The molecule has 1 rings (SSSR count). The Bertz CT molecular complexity index is 563. The first-order valence-corrected chi connectivity index (χ1v) is 5.45.